The van der Waals surface area contributed by atoms with Crippen LogP contribution in [-0.4, -0.2) is 15.9 Å². The van der Waals surface area contributed by atoms with Crippen LogP contribution >= 0.6 is 0 Å². The SMILES string of the molecule is CC(C)c1cccc(C(C)C)c1[N]1C=C[N](c2c(C(C)C)cccc2C(C)C)[Ge]1. The molecule has 3 heteroatoms. The van der Waals surface area contributed by atoms with Crippen LogP contribution in [0.2, 0.25) is 0 Å². The molecule has 1 heterocycles. The molecule has 1 aliphatic rings. The summed E-state index contributed by atoms with van der Waals surface area (Å²) in [6, 6.07) is 13.7. The summed E-state index contributed by atoms with van der Waals surface area (Å²) < 4.78 is 5.15. The molecule has 2 radical (unpaired) electrons. The summed E-state index contributed by atoms with van der Waals surface area (Å²) in [7, 11) is 0. The maximum atomic E-state index is 2.58. The van der Waals surface area contributed by atoms with Gasteiger partial charge in [-0.25, -0.2) is 0 Å². The van der Waals surface area contributed by atoms with Crippen molar-refractivity contribution in [3.63, 3.8) is 0 Å². The molecule has 1 aliphatic heterocycles. The van der Waals surface area contributed by atoms with E-state index in [0.717, 1.165) is 0 Å². The monoisotopic (exact) mass is 450 g/mol. The minimum absolute atomic E-state index is 0.520. The third kappa shape index (κ3) is 4.43. The minimum atomic E-state index is -0.528. The third-order valence-electron chi connectivity index (χ3n) is 5.75. The van der Waals surface area contributed by atoms with Crippen molar-refractivity contribution < 1.29 is 0 Å². The van der Waals surface area contributed by atoms with Gasteiger partial charge in [-0.1, -0.05) is 0 Å². The topological polar surface area (TPSA) is 6.48 Å². The second-order valence-electron chi connectivity index (χ2n) is 9.33. The predicted molar refractivity (Wildman–Crippen MR) is 129 cm³/mol. The molecule has 3 rings (SSSR count). The van der Waals surface area contributed by atoms with Crippen molar-refractivity contribution in [3.8, 4) is 0 Å². The standard InChI is InChI=1S/C26H36GeN2/c1-17(2)21-11-9-12-22(18(3)4)25(21)28-15-16-29(27-28)26-23(19(5)6)13-10-14-24(26)20(7)8/h9-20H,1-8H3. The van der Waals surface area contributed by atoms with Gasteiger partial charge in [0.05, 0.1) is 0 Å². The van der Waals surface area contributed by atoms with Crippen molar-refractivity contribution in [1.29, 1.82) is 0 Å². The van der Waals surface area contributed by atoms with Gasteiger partial charge in [0.15, 0.2) is 0 Å². The molecule has 0 bridgehead atoms. The zero-order valence-electron chi connectivity index (χ0n) is 19.3. The van der Waals surface area contributed by atoms with Gasteiger partial charge in [-0.05, 0) is 0 Å². The summed E-state index contributed by atoms with van der Waals surface area (Å²) >= 11 is -0.528. The van der Waals surface area contributed by atoms with Crippen LogP contribution in [-0.2, 0) is 0 Å². The van der Waals surface area contributed by atoms with Gasteiger partial charge in [0.2, 0.25) is 0 Å². The molecule has 2 nitrogen and oxygen atoms in total. The van der Waals surface area contributed by atoms with Gasteiger partial charge in [-0.15, -0.1) is 0 Å². The Labute approximate surface area is 184 Å². The Bertz CT molecular complexity index is 756. The van der Waals surface area contributed by atoms with Crippen LogP contribution in [0.15, 0.2) is 48.8 Å². The van der Waals surface area contributed by atoms with Crippen molar-refractivity contribution >= 4 is 27.3 Å². The summed E-state index contributed by atoms with van der Waals surface area (Å²) in [5.41, 5.74) is 8.76. The van der Waals surface area contributed by atoms with Gasteiger partial charge in [0, 0.05) is 0 Å². The zero-order chi connectivity index (χ0) is 21.3. The van der Waals surface area contributed by atoms with Gasteiger partial charge < -0.3 is 0 Å². The van der Waals surface area contributed by atoms with Crippen LogP contribution in [0.3, 0.4) is 0 Å². The molecule has 2 aromatic rings. The molecule has 0 aromatic heterocycles. The molecular formula is C26H36GeN2. The second-order valence-corrected chi connectivity index (χ2v) is 11.8. The average molecular weight is 449 g/mol. The summed E-state index contributed by atoms with van der Waals surface area (Å²) in [6.45, 7) is 18.5. The van der Waals surface area contributed by atoms with E-state index in [0.29, 0.717) is 23.7 Å². The fourth-order valence-corrected chi connectivity index (χ4v) is 6.69. The quantitative estimate of drug-likeness (QED) is 0.421. The molecule has 0 fully saturated rings. The summed E-state index contributed by atoms with van der Waals surface area (Å²) in [6.07, 6.45) is 4.66. The third-order valence-corrected chi connectivity index (χ3v) is 8.21. The zero-order valence-corrected chi connectivity index (χ0v) is 21.4. The molecule has 0 spiro atoms. The summed E-state index contributed by atoms with van der Waals surface area (Å²) in [5, 5.41) is 0. The molecule has 0 atom stereocenters. The summed E-state index contributed by atoms with van der Waals surface area (Å²) in [4.78, 5) is 0. The molecule has 2 aromatic carbocycles. The summed E-state index contributed by atoms with van der Waals surface area (Å²) in [5.74, 6) is 2.08. The van der Waals surface area contributed by atoms with Crippen molar-refractivity contribution in [3.05, 3.63) is 71.1 Å². The van der Waals surface area contributed by atoms with Gasteiger partial charge >= 0.3 is 185 Å². The molecule has 0 saturated carbocycles. The van der Waals surface area contributed by atoms with E-state index in [4.69, 9.17) is 0 Å². The van der Waals surface area contributed by atoms with Crippen LogP contribution in [0.4, 0.5) is 11.4 Å². The van der Waals surface area contributed by atoms with Crippen molar-refractivity contribution in [2.24, 2.45) is 0 Å². The van der Waals surface area contributed by atoms with Gasteiger partial charge in [0.25, 0.3) is 0 Å². The maximum absolute atomic E-state index is 2.58. The normalized spacial score (nSPS) is 14.3. The molecule has 0 saturated heterocycles. The first-order valence-corrected chi connectivity index (χ1v) is 12.9. The van der Waals surface area contributed by atoms with E-state index in [2.05, 4.69) is 112 Å². The van der Waals surface area contributed by atoms with Crippen LogP contribution < -0.4 is 7.71 Å². The Balaban J connectivity index is 2.05. The van der Waals surface area contributed by atoms with Crippen LogP contribution in [0.25, 0.3) is 0 Å². The molecule has 154 valence electrons. The van der Waals surface area contributed by atoms with E-state index in [9.17, 15) is 0 Å². The van der Waals surface area contributed by atoms with Crippen LogP contribution in [0.5, 0.6) is 0 Å². The van der Waals surface area contributed by atoms with E-state index < -0.39 is 15.9 Å². The first kappa shape index (κ1) is 22.0. The first-order chi connectivity index (χ1) is 13.7. The molecule has 0 unspecified atom stereocenters. The van der Waals surface area contributed by atoms with E-state index in [1.54, 1.807) is 0 Å². The molecule has 0 N–H and O–H groups in total. The van der Waals surface area contributed by atoms with Gasteiger partial charge in [-0.2, -0.15) is 0 Å². The van der Waals surface area contributed by atoms with Crippen LogP contribution in [0.1, 0.15) is 101 Å². The number of anilines is 2. The fourth-order valence-electron chi connectivity index (χ4n) is 4.14. The predicted octanol–water partition coefficient (Wildman–Crippen LogP) is 7.51. The Hall–Kier alpha value is -1.68. The second kappa shape index (κ2) is 8.99. The van der Waals surface area contributed by atoms with Gasteiger partial charge in [-0.3, -0.25) is 0 Å². The van der Waals surface area contributed by atoms with Crippen molar-refractivity contribution in [2.75, 3.05) is 7.71 Å². The van der Waals surface area contributed by atoms with Crippen molar-refractivity contribution in [1.82, 2.24) is 0 Å². The van der Waals surface area contributed by atoms with E-state index in [1.807, 2.05) is 0 Å². The Morgan fingerprint density at radius 3 is 1.03 bits per heavy atom. The fraction of sp³-hybridized carbons (Fsp3) is 0.462. The van der Waals surface area contributed by atoms with E-state index in [1.165, 1.54) is 33.6 Å². The molecule has 0 aliphatic carbocycles. The number of hydrogen-bond acceptors (Lipinski definition) is 2. The number of benzene rings is 2. The van der Waals surface area contributed by atoms with E-state index in [-0.39, 0.29) is 0 Å². The Morgan fingerprint density at radius 1 is 0.517 bits per heavy atom. The average Bonchev–Trinajstić information content (AvgIpc) is 3.15. The van der Waals surface area contributed by atoms with Crippen molar-refractivity contribution in [2.45, 2.75) is 79.1 Å². The molecular weight excluding hydrogens is 413 g/mol. The Kier molecular flexibility index (Phi) is 6.83. The number of hydrogen-bond donors (Lipinski definition) is 0. The molecule has 0 amide bonds. The molecule has 29 heavy (non-hydrogen) atoms. The Morgan fingerprint density at radius 2 is 0.793 bits per heavy atom. The first-order valence-electron chi connectivity index (χ1n) is 11.0. The number of rotatable bonds is 6. The number of para-hydroxylation sites is 2. The van der Waals surface area contributed by atoms with Gasteiger partial charge in [0.1, 0.15) is 0 Å². The van der Waals surface area contributed by atoms with Crippen LogP contribution in [0, 0.1) is 0 Å². The number of nitrogens with zero attached hydrogens (tertiary/aromatic N) is 2. The van der Waals surface area contributed by atoms with E-state index >= 15 is 0 Å².